The summed E-state index contributed by atoms with van der Waals surface area (Å²) in [6.07, 6.45) is 17.3. The fourth-order valence-corrected chi connectivity index (χ4v) is 3.99. The topological polar surface area (TPSA) is 32.3 Å². The molecule has 0 aliphatic carbocycles. The summed E-state index contributed by atoms with van der Waals surface area (Å²) in [5, 5.41) is 13.4. The average molecular weight is 410 g/mol. The number of aliphatic hydroxyl groups excluding tert-OH is 1. The molecule has 0 heterocycles. The summed E-state index contributed by atoms with van der Waals surface area (Å²) >= 11 is 0. The van der Waals surface area contributed by atoms with Crippen molar-refractivity contribution >= 4 is 11.4 Å². The molecule has 2 N–H and O–H groups in total. The number of nitrogens with one attached hydrogen (secondary N) is 1. The summed E-state index contributed by atoms with van der Waals surface area (Å²) in [6.45, 7) is 2.22. The minimum Gasteiger partial charge on any atom is -0.393 e. The predicted octanol–water partition coefficient (Wildman–Crippen LogP) is 8.42. The van der Waals surface area contributed by atoms with Crippen molar-refractivity contribution in [1.29, 1.82) is 0 Å². The molecule has 2 aromatic rings. The molecule has 2 nitrogen and oxygen atoms in total. The molecular formula is C28H43NO. The van der Waals surface area contributed by atoms with E-state index in [0.717, 1.165) is 24.2 Å². The molecule has 2 rings (SSSR count). The molecule has 0 aliphatic heterocycles. The van der Waals surface area contributed by atoms with Crippen molar-refractivity contribution in [3.05, 3.63) is 60.2 Å². The second-order valence-electron chi connectivity index (χ2n) is 8.70. The quantitative estimate of drug-likeness (QED) is 0.257. The molecule has 2 aromatic carbocycles. The molecular weight excluding hydrogens is 366 g/mol. The van der Waals surface area contributed by atoms with Crippen LogP contribution in [0.15, 0.2) is 54.6 Å². The van der Waals surface area contributed by atoms with Gasteiger partial charge in [0.1, 0.15) is 0 Å². The van der Waals surface area contributed by atoms with Crippen LogP contribution in [-0.4, -0.2) is 11.2 Å². The van der Waals surface area contributed by atoms with Gasteiger partial charge < -0.3 is 10.4 Å². The van der Waals surface area contributed by atoms with Crippen LogP contribution >= 0.6 is 0 Å². The average Bonchev–Trinajstić information content (AvgIpc) is 2.77. The van der Waals surface area contributed by atoms with Gasteiger partial charge in [0.15, 0.2) is 0 Å². The van der Waals surface area contributed by atoms with E-state index in [1.165, 1.54) is 82.6 Å². The zero-order chi connectivity index (χ0) is 21.3. The molecule has 0 radical (unpaired) electrons. The Morgan fingerprint density at radius 2 is 1.17 bits per heavy atom. The van der Waals surface area contributed by atoms with Gasteiger partial charge in [-0.15, -0.1) is 0 Å². The fourth-order valence-electron chi connectivity index (χ4n) is 3.99. The standard InChI is InChI=1S/C28H43NO/c1-2-3-11-19-28(30)20-15-9-7-5-4-6-8-12-16-25-21-23-27(24-22-25)29-26-17-13-10-14-18-26/h10,13-14,17-18,21-24,28-30H,2-9,11-12,15-16,19-20H2,1H3. The highest BCUT2D eigenvalue weighted by molar-refractivity contribution is 5.59. The van der Waals surface area contributed by atoms with Gasteiger partial charge in [0.05, 0.1) is 6.10 Å². The number of hydrogen-bond acceptors (Lipinski definition) is 2. The molecule has 0 fully saturated rings. The lowest BCUT2D eigenvalue weighted by Gasteiger charge is -2.09. The third-order valence-electron chi connectivity index (χ3n) is 5.91. The monoisotopic (exact) mass is 409 g/mol. The first-order valence-corrected chi connectivity index (χ1v) is 12.4. The molecule has 1 atom stereocenters. The van der Waals surface area contributed by atoms with Crippen molar-refractivity contribution in [3.8, 4) is 0 Å². The van der Waals surface area contributed by atoms with Crippen LogP contribution < -0.4 is 5.32 Å². The molecule has 0 aliphatic rings. The third kappa shape index (κ3) is 11.4. The molecule has 166 valence electrons. The van der Waals surface area contributed by atoms with Crippen LogP contribution in [0.3, 0.4) is 0 Å². The van der Waals surface area contributed by atoms with Gasteiger partial charge in [-0.3, -0.25) is 0 Å². The Kier molecular flexibility index (Phi) is 13.0. The smallest absolute Gasteiger partial charge is 0.0540 e. The number of unbranched alkanes of at least 4 members (excludes halogenated alkanes) is 9. The van der Waals surface area contributed by atoms with E-state index < -0.39 is 0 Å². The molecule has 0 saturated heterocycles. The van der Waals surface area contributed by atoms with Crippen LogP contribution in [0.4, 0.5) is 11.4 Å². The summed E-state index contributed by atoms with van der Waals surface area (Å²) in [5.41, 5.74) is 3.72. The van der Waals surface area contributed by atoms with E-state index in [1.54, 1.807) is 0 Å². The Morgan fingerprint density at radius 1 is 0.633 bits per heavy atom. The van der Waals surface area contributed by atoms with Crippen molar-refractivity contribution in [3.63, 3.8) is 0 Å². The number of hydrogen-bond donors (Lipinski definition) is 2. The van der Waals surface area contributed by atoms with Crippen LogP contribution in [0, 0.1) is 0 Å². The maximum Gasteiger partial charge on any atom is 0.0540 e. The summed E-state index contributed by atoms with van der Waals surface area (Å²) in [7, 11) is 0. The van der Waals surface area contributed by atoms with Gasteiger partial charge in [0.2, 0.25) is 0 Å². The maximum atomic E-state index is 9.95. The Morgan fingerprint density at radius 3 is 1.80 bits per heavy atom. The van der Waals surface area contributed by atoms with Gasteiger partial charge in [0.25, 0.3) is 0 Å². The summed E-state index contributed by atoms with van der Waals surface area (Å²) < 4.78 is 0. The normalized spacial score (nSPS) is 12.1. The van der Waals surface area contributed by atoms with Crippen LogP contribution in [0.25, 0.3) is 0 Å². The number of benzene rings is 2. The van der Waals surface area contributed by atoms with Crippen molar-refractivity contribution in [2.75, 3.05) is 5.32 Å². The van der Waals surface area contributed by atoms with Gasteiger partial charge in [-0.1, -0.05) is 101 Å². The van der Waals surface area contributed by atoms with E-state index in [4.69, 9.17) is 0 Å². The lowest BCUT2D eigenvalue weighted by atomic mass is 10.0. The minimum atomic E-state index is -0.0558. The van der Waals surface area contributed by atoms with E-state index in [0.29, 0.717) is 0 Å². The van der Waals surface area contributed by atoms with E-state index in [9.17, 15) is 5.11 Å². The van der Waals surface area contributed by atoms with Crippen LogP contribution in [0.1, 0.15) is 96.0 Å². The molecule has 1 unspecified atom stereocenters. The fraction of sp³-hybridized carbons (Fsp3) is 0.571. The first-order chi connectivity index (χ1) is 14.8. The molecule has 2 heteroatoms. The van der Waals surface area contributed by atoms with Crippen LogP contribution in [0.5, 0.6) is 0 Å². The molecule has 30 heavy (non-hydrogen) atoms. The highest BCUT2D eigenvalue weighted by Crippen LogP contribution is 2.18. The van der Waals surface area contributed by atoms with Crippen molar-refractivity contribution in [2.24, 2.45) is 0 Å². The van der Waals surface area contributed by atoms with E-state index in [-0.39, 0.29) is 6.10 Å². The summed E-state index contributed by atoms with van der Waals surface area (Å²) in [6, 6.07) is 19.2. The third-order valence-corrected chi connectivity index (χ3v) is 5.91. The second-order valence-corrected chi connectivity index (χ2v) is 8.70. The number of anilines is 2. The van der Waals surface area contributed by atoms with Crippen molar-refractivity contribution in [2.45, 2.75) is 103 Å². The van der Waals surface area contributed by atoms with E-state index in [1.807, 2.05) is 6.07 Å². The van der Waals surface area contributed by atoms with Gasteiger partial charge in [0, 0.05) is 11.4 Å². The van der Waals surface area contributed by atoms with E-state index in [2.05, 4.69) is 60.8 Å². The van der Waals surface area contributed by atoms with E-state index >= 15 is 0 Å². The number of rotatable bonds is 17. The lowest BCUT2D eigenvalue weighted by Crippen LogP contribution is -2.05. The Bertz CT molecular complexity index is 637. The van der Waals surface area contributed by atoms with Crippen LogP contribution in [0.2, 0.25) is 0 Å². The summed E-state index contributed by atoms with van der Waals surface area (Å²) in [4.78, 5) is 0. The van der Waals surface area contributed by atoms with Gasteiger partial charge >= 0.3 is 0 Å². The second kappa shape index (κ2) is 16.0. The molecule has 0 amide bonds. The zero-order valence-corrected chi connectivity index (χ0v) is 19.1. The predicted molar refractivity (Wildman–Crippen MR) is 132 cm³/mol. The highest BCUT2D eigenvalue weighted by atomic mass is 16.3. The van der Waals surface area contributed by atoms with Crippen molar-refractivity contribution < 1.29 is 5.11 Å². The number of aryl methyl sites for hydroxylation is 1. The number of para-hydroxylation sites is 1. The SMILES string of the molecule is CCCCCC(O)CCCCCCCCCCc1ccc(Nc2ccccc2)cc1. The highest BCUT2D eigenvalue weighted by Gasteiger charge is 2.03. The first kappa shape index (κ1) is 24.5. The van der Waals surface area contributed by atoms with Gasteiger partial charge in [-0.25, -0.2) is 0 Å². The summed E-state index contributed by atoms with van der Waals surface area (Å²) in [5.74, 6) is 0. The van der Waals surface area contributed by atoms with Crippen molar-refractivity contribution in [1.82, 2.24) is 0 Å². The molecule has 0 spiro atoms. The molecule has 0 saturated carbocycles. The molecule has 0 bridgehead atoms. The Labute approximate surface area is 185 Å². The maximum absolute atomic E-state index is 9.95. The number of aliphatic hydroxyl groups is 1. The largest absolute Gasteiger partial charge is 0.393 e. The van der Waals surface area contributed by atoms with Gasteiger partial charge in [-0.2, -0.15) is 0 Å². The minimum absolute atomic E-state index is 0.0558. The molecule has 0 aromatic heterocycles. The Balaban J connectivity index is 1.42. The lowest BCUT2D eigenvalue weighted by molar-refractivity contribution is 0.147. The Hall–Kier alpha value is -1.80. The zero-order valence-electron chi connectivity index (χ0n) is 19.1. The van der Waals surface area contributed by atoms with Crippen LogP contribution in [-0.2, 0) is 6.42 Å². The first-order valence-electron chi connectivity index (χ1n) is 12.4. The van der Waals surface area contributed by atoms with Gasteiger partial charge in [-0.05, 0) is 55.5 Å².